The third-order valence-electron chi connectivity index (χ3n) is 4.63. The standard InChI is InChI=1S/C19H21N3O3/c1-12-4-7-15-16(10-12)19(25)22(18(15)24)9-8-17(23)20-11-14-6-5-13(2)21(14)3/h4-7,10H,8-9,11H2,1-3H3,(H,20,23). The second kappa shape index (κ2) is 6.55. The first-order valence-electron chi connectivity index (χ1n) is 8.23. The highest BCUT2D eigenvalue weighted by Crippen LogP contribution is 2.23. The highest BCUT2D eigenvalue weighted by Gasteiger charge is 2.35. The van der Waals surface area contributed by atoms with Crippen molar-refractivity contribution in [3.63, 3.8) is 0 Å². The minimum atomic E-state index is -0.328. The number of hydrogen-bond acceptors (Lipinski definition) is 3. The van der Waals surface area contributed by atoms with Crippen molar-refractivity contribution in [1.29, 1.82) is 0 Å². The van der Waals surface area contributed by atoms with Gasteiger partial charge in [0, 0.05) is 31.4 Å². The van der Waals surface area contributed by atoms with Gasteiger partial charge in [0.1, 0.15) is 0 Å². The maximum absolute atomic E-state index is 12.4. The van der Waals surface area contributed by atoms with Gasteiger partial charge in [-0.15, -0.1) is 0 Å². The average Bonchev–Trinajstić information content (AvgIpc) is 3.02. The van der Waals surface area contributed by atoms with Crippen molar-refractivity contribution in [3.05, 3.63) is 58.4 Å². The molecule has 1 aliphatic heterocycles. The largest absolute Gasteiger partial charge is 0.350 e. The Bertz CT molecular complexity index is 867. The van der Waals surface area contributed by atoms with E-state index in [1.807, 2.05) is 43.7 Å². The van der Waals surface area contributed by atoms with Crippen molar-refractivity contribution < 1.29 is 14.4 Å². The average molecular weight is 339 g/mol. The quantitative estimate of drug-likeness (QED) is 0.846. The minimum Gasteiger partial charge on any atom is -0.350 e. The van der Waals surface area contributed by atoms with Crippen LogP contribution in [0.1, 0.15) is 44.1 Å². The summed E-state index contributed by atoms with van der Waals surface area (Å²) >= 11 is 0. The van der Waals surface area contributed by atoms with Gasteiger partial charge in [-0.25, -0.2) is 0 Å². The van der Waals surface area contributed by atoms with E-state index in [0.29, 0.717) is 17.7 Å². The molecular weight excluding hydrogens is 318 g/mol. The van der Waals surface area contributed by atoms with Crippen LogP contribution in [0.5, 0.6) is 0 Å². The van der Waals surface area contributed by atoms with Crippen LogP contribution in [0, 0.1) is 13.8 Å². The Hall–Kier alpha value is -2.89. The first-order chi connectivity index (χ1) is 11.9. The second-order valence-electron chi connectivity index (χ2n) is 6.36. The third-order valence-corrected chi connectivity index (χ3v) is 4.63. The molecule has 0 bridgehead atoms. The van der Waals surface area contributed by atoms with Crippen molar-refractivity contribution >= 4 is 17.7 Å². The molecule has 3 amide bonds. The molecule has 0 aliphatic carbocycles. The highest BCUT2D eigenvalue weighted by molar-refractivity contribution is 6.21. The number of aromatic nitrogens is 1. The summed E-state index contributed by atoms with van der Waals surface area (Å²) in [4.78, 5) is 37.9. The van der Waals surface area contributed by atoms with Crippen molar-refractivity contribution in [3.8, 4) is 0 Å². The number of aryl methyl sites for hydroxylation is 2. The topological polar surface area (TPSA) is 71.4 Å². The van der Waals surface area contributed by atoms with Crippen LogP contribution in [0.3, 0.4) is 0 Å². The molecule has 6 heteroatoms. The fourth-order valence-electron chi connectivity index (χ4n) is 2.94. The van der Waals surface area contributed by atoms with Crippen LogP contribution in [0.15, 0.2) is 30.3 Å². The number of hydrogen-bond donors (Lipinski definition) is 1. The summed E-state index contributed by atoms with van der Waals surface area (Å²) in [6, 6.07) is 9.14. The molecular formula is C19H21N3O3. The predicted octanol–water partition coefficient (Wildman–Crippen LogP) is 1.94. The van der Waals surface area contributed by atoms with E-state index in [9.17, 15) is 14.4 Å². The Morgan fingerprint density at radius 1 is 1.04 bits per heavy atom. The van der Waals surface area contributed by atoms with Gasteiger partial charge in [0.15, 0.2) is 0 Å². The van der Waals surface area contributed by atoms with Crippen molar-refractivity contribution in [2.45, 2.75) is 26.8 Å². The normalized spacial score (nSPS) is 13.3. The van der Waals surface area contributed by atoms with Gasteiger partial charge in [-0.3, -0.25) is 19.3 Å². The molecule has 2 heterocycles. The molecule has 1 aromatic carbocycles. The second-order valence-corrected chi connectivity index (χ2v) is 6.36. The molecule has 1 aromatic heterocycles. The van der Waals surface area contributed by atoms with Crippen LogP contribution in [0.2, 0.25) is 0 Å². The number of nitrogens with zero attached hydrogens (tertiary/aromatic N) is 2. The Morgan fingerprint density at radius 2 is 1.76 bits per heavy atom. The van der Waals surface area contributed by atoms with E-state index in [0.717, 1.165) is 21.9 Å². The smallest absolute Gasteiger partial charge is 0.261 e. The van der Waals surface area contributed by atoms with E-state index >= 15 is 0 Å². The van der Waals surface area contributed by atoms with E-state index in [2.05, 4.69) is 5.32 Å². The summed E-state index contributed by atoms with van der Waals surface area (Å²) in [6.45, 7) is 4.38. The van der Waals surface area contributed by atoms with Crippen LogP contribution in [-0.4, -0.2) is 33.7 Å². The molecule has 0 spiro atoms. The van der Waals surface area contributed by atoms with E-state index in [4.69, 9.17) is 0 Å². The van der Waals surface area contributed by atoms with Gasteiger partial charge in [-0.2, -0.15) is 0 Å². The predicted molar refractivity (Wildman–Crippen MR) is 93.2 cm³/mol. The van der Waals surface area contributed by atoms with Crippen LogP contribution in [-0.2, 0) is 18.4 Å². The SMILES string of the molecule is Cc1ccc2c(c1)C(=O)N(CCC(=O)NCc1ccc(C)n1C)C2=O. The molecule has 0 saturated heterocycles. The maximum atomic E-state index is 12.4. The first kappa shape index (κ1) is 17.0. The van der Waals surface area contributed by atoms with Crippen molar-refractivity contribution in [2.75, 3.05) is 6.54 Å². The molecule has 3 rings (SSSR count). The number of imide groups is 1. The van der Waals surface area contributed by atoms with Gasteiger partial charge >= 0.3 is 0 Å². The molecule has 0 atom stereocenters. The van der Waals surface area contributed by atoms with E-state index in [1.54, 1.807) is 12.1 Å². The molecule has 25 heavy (non-hydrogen) atoms. The summed E-state index contributed by atoms with van der Waals surface area (Å²) in [7, 11) is 1.94. The van der Waals surface area contributed by atoms with Crippen molar-refractivity contribution in [1.82, 2.24) is 14.8 Å². The van der Waals surface area contributed by atoms with Crippen LogP contribution in [0.4, 0.5) is 0 Å². The number of carbonyl (C=O) groups is 3. The van der Waals surface area contributed by atoms with Gasteiger partial charge in [0.05, 0.1) is 17.7 Å². The number of amides is 3. The zero-order valence-corrected chi connectivity index (χ0v) is 14.6. The summed E-state index contributed by atoms with van der Waals surface area (Å²) in [5.74, 6) is -0.841. The Labute approximate surface area is 146 Å². The fraction of sp³-hybridized carbons (Fsp3) is 0.316. The molecule has 0 fully saturated rings. The summed E-state index contributed by atoms with van der Waals surface area (Å²) in [5, 5.41) is 2.83. The molecule has 1 aliphatic rings. The Morgan fingerprint density at radius 3 is 2.44 bits per heavy atom. The maximum Gasteiger partial charge on any atom is 0.261 e. The Kier molecular flexibility index (Phi) is 4.44. The van der Waals surface area contributed by atoms with E-state index in [1.165, 1.54) is 0 Å². The lowest BCUT2D eigenvalue weighted by Crippen LogP contribution is -2.34. The van der Waals surface area contributed by atoms with Crippen LogP contribution < -0.4 is 5.32 Å². The molecule has 6 nitrogen and oxygen atoms in total. The number of nitrogens with one attached hydrogen (secondary N) is 1. The number of rotatable bonds is 5. The third kappa shape index (κ3) is 3.20. The first-order valence-corrected chi connectivity index (χ1v) is 8.23. The molecule has 2 aromatic rings. The van der Waals surface area contributed by atoms with Crippen molar-refractivity contribution in [2.24, 2.45) is 7.05 Å². The molecule has 1 N–H and O–H groups in total. The summed E-state index contributed by atoms with van der Waals surface area (Å²) in [6.07, 6.45) is 0.0911. The van der Waals surface area contributed by atoms with Crippen LogP contribution >= 0.6 is 0 Å². The molecule has 0 radical (unpaired) electrons. The molecule has 0 unspecified atom stereocenters. The van der Waals surface area contributed by atoms with Gasteiger partial charge in [0.25, 0.3) is 11.8 Å². The summed E-state index contributed by atoms with van der Waals surface area (Å²) < 4.78 is 2.01. The monoisotopic (exact) mass is 339 g/mol. The van der Waals surface area contributed by atoms with Gasteiger partial charge in [-0.1, -0.05) is 11.6 Å². The van der Waals surface area contributed by atoms with Gasteiger partial charge in [0.2, 0.25) is 5.91 Å². The molecule has 130 valence electrons. The minimum absolute atomic E-state index is 0.0867. The summed E-state index contributed by atoms with van der Waals surface area (Å²) in [5.41, 5.74) is 3.88. The number of fused-ring (bicyclic) bond motifs is 1. The van der Waals surface area contributed by atoms with E-state index < -0.39 is 0 Å². The fourth-order valence-corrected chi connectivity index (χ4v) is 2.94. The lowest BCUT2D eigenvalue weighted by molar-refractivity contribution is -0.121. The van der Waals surface area contributed by atoms with Gasteiger partial charge < -0.3 is 9.88 Å². The Balaban J connectivity index is 1.57. The zero-order chi connectivity index (χ0) is 18.1. The molecule has 0 saturated carbocycles. The number of carbonyl (C=O) groups excluding carboxylic acids is 3. The van der Waals surface area contributed by atoms with Crippen LogP contribution in [0.25, 0.3) is 0 Å². The van der Waals surface area contributed by atoms with Gasteiger partial charge in [-0.05, 0) is 38.1 Å². The lowest BCUT2D eigenvalue weighted by Gasteiger charge is -2.13. The zero-order valence-electron chi connectivity index (χ0n) is 14.6. The lowest BCUT2D eigenvalue weighted by atomic mass is 10.1. The number of benzene rings is 1. The van der Waals surface area contributed by atoms with E-state index in [-0.39, 0.29) is 30.7 Å². The highest BCUT2D eigenvalue weighted by atomic mass is 16.2.